The van der Waals surface area contributed by atoms with E-state index in [2.05, 4.69) is 27.8 Å². The van der Waals surface area contributed by atoms with Crippen LogP contribution in [0.1, 0.15) is 38.5 Å². The first-order valence-electron chi connectivity index (χ1n) is 6.23. The van der Waals surface area contributed by atoms with Crippen LogP contribution in [0.4, 0.5) is 0 Å². The number of hydrogen-bond donors (Lipinski definition) is 1. The Balaban J connectivity index is 1.72. The molecular formula is C13H20BrN. The largest absolute Gasteiger partial charge is 0.307 e. The van der Waals surface area contributed by atoms with Crippen LogP contribution in [0, 0.1) is 17.8 Å². The van der Waals surface area contributed by atoms with Crippen molar-refractivity contribution >= 4 is 15.9 Å². The summed E-state index contributed by atoms with van der Waals surface area (Å²) in [4.78, 5) is 0. The molecule has 84 valence electrons. The predicted octanol–water partition coefficient (Wildman–Crippen LogP) is 3.45. The van der Waals surface area contributed by atoms with Gasteiger partial charge in [-0.2, -0.15) is 0 Å². The molecule has 0 saturated heterocycles. The Morgan fingerprint density at radius 1 is 1.13 bits per heavy atom. The summed E-state index contributed by atoms with van der Waals surface area (Å²) in [6.45, 7) is 4.88. The Hall–Kier alpha value is 0.180. The highest BCUT2D eigenvalue weighted by Crippen LogP contribution is 2.55. The van der Waals surface area contributed by atoms with Gasteiger partial charge in [0.05, 0.1) is 0 Å². The molecule has 4 bridgehead atoms. The summed E-state index contributed by atoms with van der Waals surface area (Å²) in [7, 11) is 0. The van der Waals surface area contributed by atoms with Crippen LogP contribution in [0.25, 0.3) is 0 Å². The number of hydrogen-bond acceptors (Lipinski definition) is 1. The summed E-state index contributed by atoms with van der Waals surface area (Å²) >= 11 is 3.46. The minimum atomic E-state index is 0.492. The van der Waals surface area contributed by atoms with Crippen LogP contribution in [0.15, 0.2) is 11.1 Å². The maximum atomic E-state index is 3.93. The van der Waals surface area contributed by atoms with Gasteiger partial charge in [0.2, 0.25) is 0 Å². The van der Waals surface area contributed by atoms with E-state index in [1.54, 1.807) is 0 Å². The molecule has 4 fully saturated rings. The molecule has 0 spiro atoms. The second-order valence-electron chi connectivity index (χ2n) is 6.07. The molecule has 0 radical (unpaired) electrons. The summed E-state index contributed by atoms with van der Waals surface area (Å²) < 4.78 is 1.10. The monoisotopic (exact) mass is 269 g/mol. The second-order valence-corrected chi connectivity index (χ2v) is 7.19. The van der Waals surface area contributed by atoms with Crippen molar-refractivity contribution in [1.82, 2.24) is 5.32 Å². The third kappa shape index (κ3) is 1.91. The molecule has 0 unspecified atom stereocenters. The predicted molar refractivity (Wildman–Crippen MR) is 67.0 cm³/mol. The Morgan fingerprint density at radius 3 is 2.00 bits per heavy atom. The van der Waals surface area contributed by atoms with Crippen LogP contribution in [0.3, 0.4) is 0 Å². The van der Waals surface area contributed by atoms with Gasteiger partial charge >= 0.3 is 0 Å². The summed E-state index contributed by atoms with van der Waals surface area (Å²) in [6.07, 6.45) is 8.86. The molecular weight excluding hydrogens is 250 g/mol. The SMILES string of the molecule is C=C(Br)CNC12CC3CC(CC(C3)C1)C2. The molecule has 2 heteroatoms. The average molecular weight is 270 g/mol. The van der Waals surface area contributed by atoms with Crippen molar-refractivity contribution in [3.63, 3.8) is 0 Å². The molecule has 15 heavy (non-hydrogen) atoms. The van der Waals surface area contributed by atoms with Gasteiger partial charge in [-0.15, -0.1) is 0 Å². The standard InChI is InChI=1S/C13H20BrN/c1-9(14)8-15-13-5-10-2-11(6-13)4-12(3-10)7-13/h10-12,15H,1-8H2. The van der Waals surface area contributed by atoms with Gasteiger partial charge in [-0.3, -0.25) is 0 Å². The quantitative estimate of drug-likeness (QED) is 0.828. The summed E-state index contributed by atoms with van der Waals surface area (Å²) in [6, 6.07) is 0. The zero-order valence-corrected chi connectivity index (χ0v) is 10.9. The minimum Gasteiger partial charge on any atom is -0.307 e. The van der Waals surface area contributed by atoms with E-state index in [4.69, 9.17) is 0 Å². The van der Waals surface area contributed by atoms with Crippen LogP contribution < -0.4 is 5.32 Å². The third-order valence-corrected chi connectivity index (χ3v) is 4.97. The van der Waals surface area contributed by atoms with Crippen molar-refractivity contribution in [2.24, 2.45) is 17.8 Å². The van der Waals surface area contributed by atoms with E-state index in [1.165, 1.54) is 38.5 Å². The van der Waals surface area contributed by atoms with E-state index in [9.17, 15) is 0 Å². The molecule has 1 N–H and O–H groups in total. The molecule has 4 rings (SSSR count). The zero-order chi connectivity index (χ0) is 10.5. The summed E-state index contributed by atoms with van der Waals surface area (Å²) in [5, 5.41) is 3.78. The van der Waals surface area contributed by atoms with Crippen LogP contribution in [-0.4, -0.2) is 12.1 Å². The highest BCUT2D eigenvalue weighted by molar-refractivity contribution is 9.11. The molecule has 0 aromatic heterocycles. The topological polar surface area (TPSA) is 12.0 Å². The molecule has 4 aliphatic rings. The maximum absolute atomic E-state index is 3.93. The molecule has 4 aliphatic carbocycles. The first-order valence-corrected chi connectivity index (χ1v) is 7.03. The van der Waals surface area contributed by atoms with Crippen molar-refractivity contribution in [2.75, 3.05) is 6.54 Å². The number of nitrogens with one attached hydrogen (secondary N) is 1. The van der Waals surface area contributed by atoms with Gasteiger partial charge in [0, 0.05) is 16.6 Å². The Morgan fingerprint density at radius 2 is 1.60 bits per heavy atom. The van der Waals surface area contributed by atoms with Crippen LogP contribution in [0.2, 0.25) is 0 Å². The molecule has 0 amide bonds. The Labute approximate surface area is 101 Å². The number of halogens is 1. The fourth-order valence-electron chi connectivity index (χ4n) is 4.61. The summed E-state index contributed by atoms with van der Waals surface area (Å²) in [5.41, 5.74) is 0.492. The maximum Gasteiger partial charge on any atom is 0.0270 e. The lowest BCUT2D eigenvalue weighted by atomic mass is 9.53. The lowest BCUT2D eigenvalue weighted by molar-refractivity contribution is -0.0179. The van der Waals surface area contributed by atoms with Gasteiger partial charge in [0.25, 0.3) is 0 Å². The summed E-state index contributed by atoms with van der Waals surface area (Å²) in [5.74, 6) is 3.10. The lowest BCUT2D eigenvalue weighted by Gasteiger charge is -2.57. The van der Waals surface area contributed by atoms with Crippen molar-refractivity contribution in [2.45, 2.75) is 44.1 Å². The van der Waals surface area contributed by atoms with E-state index in [0.717, 1.165) is 28.8 Å². The highest BCUT2D eigenvalue weighted by atomic mass is 79.9. The van der Waals surface area contributed by atoms with Crippen LogP contribution in [0.5, 0.6) is 0 Å². The molecule has 0 aromatic carbocycles. The number of rotatable bonds is 3. The molecule has 0 heterocycles. The van der Waals surface area contributed by atoms with Crippen molar-refractivity contribution < 1.29 is 0 Å². The van der Waals surface area contributed by atoms with Crippen molar-refractivity contribution in [3.8, 4) is 0 Å². The second kappa shape index (κ2) is 3.59. The van der Waals surface area contributed by atoms with Gasteiger partial charge in [-0.1, -0.05) is 22.5 Å². The molecule has 0 atom stereocenters. The minimum absolute atomic E-state index is 0.492. The van der Waals surface area contributed by atoms with Crippen molar-refractivity contribution in [3.05, 3.63) is 11.1 Å². The smallest absolute Gasteiger partial charge is 0.0270 e. The average Bonchev–Trinajstić information content (AvgIpc) is 2.12. The Bertz CT molecular complexity index is 249. The van der Waals surface area contributed by atoms with E-state index in [0.29, 0.717) is 5.54 Å². The van der Waals surface area contributed by atoms with E-state index >= 15 is 0 Å². The van der Waals surface area contributed by atoms with Gasteiger partial charge in [0.1, 0.15) is 0 Å². The highest BCUT2D eigenvalue weighted by Gasteiger charge is 2.50. The molecule has 4 saturated carbocycles. The van der Waals surface area contributed by atoms with Crippen molar-refractivity contribution in [1.29, 1.82) is 0 Å². The fourth-order valence-corrected chi connectivity index (χ4v) is 4.75. The Kier molecular flexibility index (Phi) is 2.48. The lowest BCUT2D eigenvalue weighted by Crippen LogP contribution is -2.58. The van der Waals surface area contributed by atoms with Crippen LogP contribution in [-0.2, 0) is 0 Å². The zero-order valence-electron chi connectivity index (χ0n) is 9.27. The fraction of sp³-hybridized carbons (Fsp3) is 0.846. The molecule has 0 aromatic rings. The van der Waals surface area contributed by atoms with Gasteiger partial charge in [-0.05, 0) is 56.3 Å². The molecule has 1 nitrogen and oxygen atoms in total. The van der Waals surface area contributed by atoms with Gasteiger partial charge in [-0.25, -0.2) is 0 Å². The van der Waals surface area contributed by atoms with E-state index in [-0.39, 0.29) is 0 Å². The van der Waals surface area contributed by atoms with E-state index < -0.39 is 0 Å². The molecule has 0 aliphatic heterocycles. The van der Waals surface area contributed by atoms with Gasteiger partial charge < -0.3 is 5.32 Å². The first-order chi connectivity index (χ1) is 7.15. The normalized spacial score (nSPS) is 47.1. The van der Waals surface area contributed by atoms with Gasteiger partial charge in [0.15, 0.2) is 0 Å². The van der Waals surface area contributed by atoms with Crippen LogP contribution >= 0.6 is 15.9 Å². The first kappa shape index (κ1) is 10.3. The third-order valence-electron chi connectivity index (χ3n) is 4.69. The van der Waals surface area contributed by atoms with E-state index in [1.807, 2.05) is 0 Å².